The Labute approximate surface area is 264 Å². The molecule has 0 atom stereocenters. The molecule has 2 N–H and O–H groups in total. The molecule has 4 aromatic rings. The van der Waals surface area contributed by atoms with Crippen LogP contribution in [0.2, 0.25) is 10.0 Å². The Morgan fingerprint density at radius 3 is 2.52 bits per heavy atom. The lowest BCUT2D eigenvalue weighted by Crippen LogP contribution is -2.37. The Hall–Kier alpha value is -4.74. The van der Waals surface area contributed by atoms with Crippen molar-refractivity contribution < 1.29 is 28.6 Å². The number of halogens is 2. The van der Waals surface area contributed by atoms with Crippen LogP contribution in [-0.4, -0.2) is 55.1 Å². The number of anilines is 2. The molecule has 0 saturated carbocycles. The second-order valence-electron chi connectivity index (χ2n) is 9.57. The summed E-state index contributed by atoms with van der Waals surface area (Å²) in [6.07, 6.45) is 2.86. The first kappa shape index (κ1) is 32.2. The van der Waals surface area contributed by atoms with E-state index in [-0.39, 0.29) is 24.1 Å². The molecule has 44 heavy (non-hydrogen) atoms. The first-order valence-corrected chi connectivity index (χ1v) is 14.1. The van der Waals surface area contributed by atoms with Gasteiger partial charge in [0.1, 0.15) is 23.6 Å². The number of fused-ring (bicyclic) bond motifs is 1. The van der Waals surface area contributed by atoms with Crippen LogP contribution < -0.4 is 29.7 Å². The summed E-state index contributed by atoms with van der Waals surface area (Å²) in [5, 5.41) is 5.84. The molecule has 230 valence electrons. The molecule has 0 bridgehead atoms. The standard InChI is InChI=1S/C31H31Cl2N5O6/c1-18(39)35-22-12-9-19(15-26(22)42-4)10-14-27(40)34-16-28(41)37(2)23-13-11-21(32)20(29(23)33)17-44-25-8-6-7-24-30(25)36-31(43-5)38(24)3/h6-15H,16-17H2,1-5H3,(H,34,40)(H,35,39). The maximum absolute atomic E-state index is 13.0. The summed E-state index contributed by atoms with van der Waals surface area (Å²) in [5.74, 6) is -0.160. The van der Waals surface area contributed by atoms with Gasteiger partial charge in [-0.15, -0.1) is 0 Å². The van der Waals surface area contributed by atoms with Gasteiger partial charge in [-0.25, -0.2) is 0 Å². The van der Waals surface area contributed by atoms with Crippen LogP contribution in [0.4, 0.5) is 11.4 Å². The predicted octanol–water partition coefficient (Wildman–Crippen LogP) is 5.23. The molecular formula is C31H31Cl2N5O6. The number of likely N-dealkylation sites (N-methyl/N-ethyl adjacent to an activating group) is 1. The van der Waals surface area contributed by atoms with E-state index in [2.05, 4.69) is 15.6 Å². The number of carbonyl (C=O) groups is 3. The molecule has 1 aromatic heterocycles. The number of hydrogen-bond donors (Lipinski definition) is 2. The van der Waals surface area contributed by atoms with Gasteiger partial charge in [-0.05, 0) is 48.0 Å². The van der Waals surface area contributed by atoms with Gasteiger partial charge in [0.2, 0.25) is 17.7 Å². The molecule has 0 saturated heterocycles. The summed E-state index contributed by atoms with van der Waals surface area (Å²) >= 11 is 13.2. The zero-order chi connectivity index (χ0) is 32.0. The monoisotopic (exact) mass is 639 g/mol. The van der Waals surface area contributed by atoms with E-state index in [0.29, 0.717) is 50.6 Å². The van der Waals surface area contributed by atoms with Gasteiger partial charge in [-0.2, -0.15) is 4.98 Å². The summed E-state index contributed by atoms with van der Waals surface area (Å²) in [7, 11) is 6.41. The molecule has 0 fully saturated rings. The van der Waals surface area contributed by atoms with Gasteiger partial charge in [-0.1, -0.05) is 35.3 Å². The highest BCUT2D eigenvalue weighted by molar-refractivity contribution is 6.38. The Kier molecular flexibility index (Phi) is 10.4. The number of aryl methyl sites for hydroxylation is 1. The topological polar surface area (TPSA) is 124 Å². The number of rotatable bonds is 11. The number of nitrogens with one attached hydrogen (secondary N) is 2. The van der Waals surface area contributed by atoms with E-state index >= 15 is 0 Å². The molecule has 0 spiro atoms. The van der Waals surface area contributed by atoms with Gasteiger partial charge in [0.05, 0.1) is 42.7 Å². The number of methoxy groups -OCH3 is 2. The fourth-order valence-electron chi connectivity index (χ4n) is 4.34. The van der Waals surface area contributed by atoms with E-state index in [1.807, 2.05) is 23.7 Å². The number of ether oxygens (including phenoxy) is 3. The highest BCUT2D eigenvalue weighted by Gasteiger charge is 2.20. The summed E-state index contributed by atoms with van der Waals surface area (Å²) in [6.45, 7) is 1.14. The number of imidazole rings is 1. The molecular weight excluding hydrogens is 609 g/mol. The average molecular weight is 641 g/mol. The van der Waals surface area contributed by atoms with Gasteiger partial charge < -0.3 is 29.7 Å². The number of benzene rings is 3. The van der Waals surface area contributed by atoms with Crippen molar-refractivity contribution in [2.75, 3.05) is 38.0 Å². The average Bonchev–Trinajstić information content (AvgIpc) is 3.34. The van der Waals surface area contributed by atoms with Gasteiger partial charge in [-0.3, -0.25) is 19.0 Å². The van der Waals surface area contributed by atoms with Crippen molar-refractivity contribution in [3.8, 4) is 17.5 Å². The van der Waals surface area contributed by atoms with Crippen LogP contribution in [0.15, 0.2) is 54.6 Å². The van der Waals surface area contributed by atoms with Gasteiger partial charge in [0, 0.05) is 37.7 Å². The summed E-state index contributed by atoms with van der Waals surface area (Å²) < 4.78 is 18.5. The molecule has 0 aliphatic heterocycles. The van der Waals surface area contributed by atoms with Crippen molar-refractivity contribution in [2.24, 2.45) is 7.05 Å². The van der Waals surface area contributed by atoms with Crippen LogP contribution in [0, 0.1) is 0 Å². The summed E-state index contributed by atoms with van der Waals surface area (Å²) in [6, 6.07) is 14.3. The van der Waals surface area contributed by atoms with E-state index in [1.165, 1.54) is 25.0 Å². The van der Waals surface area contributed by atoms with Crippen LogP contribution >= 0.6 is 23.2 Å². The van der Waals surface area contributed by atoms with E-state index in [9.17, 15) is 14.4 Å². The van der Waals surface area contributed by atoms with Crippen LogP contribution in [0.1, 0.15) is 18.1 Å². The van der Waals surface area contributed by atoms with Gasteiger partial charge in [0.15, 0.2) is 0 Å². The lowest BCUT2D eigenvalue weighted by atomic mass is 10.1. The molecule has 0 aliphatic carbocycles. The van der Waals surface area contributed by atoms with Crippen molar-refractivity contribution >= 4 is 69.4 Å². The molecule has 3 amide bonds. The van der Waals surface area contributed by atoms with Crippen molar-refractivity contribution in [3.63, 3.8) is 0 Å². The van der Waals surface area contributed by atoms with E-state index in [1.54, 1.807) is 56.6 Å². The Morgan fingerprint density at radius 1 is 1.05 bits per heavy atom. The van der Waals surface area contributed by atoms with E-state index in [0.717, 1.165) is 5.52 Å². The van der Waals surface area contributed by atoms with Crippen molar-refractivity contribution in [1.82, 2.24) is 14.9 Å². The fraction of sp³-hybridized carbons (Fsp3) is 0.226. The SMILES string of the molecule is COc1cc(C=CC(=O)NCC(=O)N(C)c2ccc(Cl)c(COc3cccc4c3nc(OC)n4C)c2Cl)ccc1NC(C)=O. The third-order valence-electron chi connectivity index (χ3n) is 6.67. The largest absolute Gasteiger partial charge is 0.495 e. The van der Waals surface area contributed by atoms with Crippen molar-refractivity contribution in [1.29, 1.82) is 0 Å². The summed E-state index contributed by atoms with van der Waals surface area (Å²) in [4.78, 5) is 42.6. The highest BCUT2D eigenvalue weighted by atomic mass is 35.5. The van der Waals surface area contributed by atoms with Gasteiger partial charge in [0.25, 0.3) is 6.01 Å². The minimum Gasteiger partial charge on any atom is -0.495 e. The van der Waals surface area contributed by atoms with E-state index in [4.69, 9.17) is 37.4 Å². The Morgan fingerprint density at radius 2 is 1.82 bits per heavy atom. The van der Waals surface area contributed by atoms with Gasteiger partial charge >= 0.3 is 0 Å². The molecule has 0 aliphatic rings. The second-order valence-corrected chi connectivity index (χ2v) is 10.4. The fourth-order valence-corrected chi connectivity index (χ4v) is 4.95. The molecule has 3 aromatic carbocycles. The number of nitrogens with zero attached hydrogens (tertiary/aromatic N) is 3. The number of hydrogen-bond acceptors (Lipinski definition) is 7. The second kappa shape index (κ2) is 14.2. The quantitative estimate of drug-likeness (QED) is 0.215. The third kappa shape index (κ3) is 7.24. The van der Waals surface area contributed by atoms with Crippen LogP contribution in [0.3, 0.4) is 0 Å². The lowest BCUT2D eigenvalue weighted by molar-refractivity contribution is -0.122. The minimum atomic E-state index is -0.478. The Balaban J connectivity index is 1.40. The zero-order valence-electron chi connectivity index (χ0n) is 24.7. The number of amides is 3. The number of para-hydroxylation sites is 1. The summed E-state index contributed by atoms with van der Waals surface area (Å²) in [5.41, 5.74) is 3.50. The first-order chi connectivity index (χ1) is 21.0. The minimum absolute atomic E-state index is 0.0175. The Bertz CT molecular complexity index is 1750. The highest BCUT2D eigenvalue weighted by Crippen LogP contribution is 2.36. The van der Waals surface area contributed by atoms with Crippen LogP contribution in [0.5, 0.6) is 17.5 Å². The predicted molar refractivity (Wildman–Crippen MR) is 171 cm³/mol. The normalized spacial score (nSPS) is 11.0. The van der Waals surface area contributed by atoms with Crippen LogP contribution in [0.25, 0.3) is 17.1 Å². The molecule has 4 rings (SSSR count). The van der Waals surface area contributed by atoms with E-state index < -0.39 is 11.8 Å². The number of carbonyl (C=O) groups excluding carboxylic acids is 3. The maximum Gasteiger partial charge on any atom is 0.296 e. The molecule has 0 radical (unpaired) electrons. The lowest BCUT2D eigenvalue weighted by Gasteiger charge is -2.21. The third-order valence-corrected chi connectivity index (χ3v) is 7.44. The van der Waals surface area contributed by atoms with Crippen LogP contribution in [-0.2, 0) is 28.0 Å². The molecule has 0 unspecified atom stereocenters. The molecule has 1 heterocycles. The smallest absolute Gasteiger partial charge is 0.296 e. The first-order valence-electron chi connectivity index (χ1n) is 13.3. The van der Waals surface area contributed by atoms with Crippen molar-refractivity contribution in [2.45, 2.75) is 13.5 Å². The molecule has 13 heteroatoms. The zero-order valence-corrected chi connectivity index (χ0v) is 26.2. The molecule has 11 nitrogen and oxygen atoms in total. The maximum atomic E-state index is 13.0. The number of aromatic nitrogens is 2. The van der Waals surface area contributed by atoms with Crippen molar-refractivity contribution in [3.05, 3.63) is 75.8 Å².